The average Bonchev–Trinajstić information content (AvgIpc) is 3.26. The Bertz CT molecular complexity index is 1500. The fraction of sp³-hybridized carbons (Fsp3) is 0.207. The fourth-order valence-electron chi connectivity index (χ4n) is 4.24. The molecule has 36 heavy (non-hydrogen) atoms. The van der Waals surface area contributed by atoms with Crippen LogP contribution in [0.25, 0.3) is 27.7 Å². The van der Waals surface area contributed by atoms with Gasteiger partial charge in [0.1, 0.15) is 11.3 Å². The van der Waals surface area contributed by atoms with E-state index in [1.165, 1.54) is 29.8 Å². The average molecular weight is 485 g/mol. The van der Waals surface area contributed by atoms with Gasteiger partial charge >= 0.3 is 0 Å². The molecule has 0 bridgehead atoms. The maximum Gasteiger partial charge on any atom is 0.269 e. The summed E-state index contributed by atoms with van der Waals surface area (Å²) >= 11 is 0. The molecule has 0 atom stereocenters. The zero-order chi connectivity index (χ0) is 26.0. The number of fused-ring (bicyclic) bond motifs is 1. The lowest BCUT2D eigenvalue weighted by Crippen LogP contribution is -2.10. The number of nitro benzene ring substituents is 1. The molecule has 7 heteroatoms. The highest BCUT2D eigenvalue weighted by Crippen LogP contribution is 2.40. The third-order valence-corrected chi connectivity index (χ3v) is 6.15. The van der Waals surface area contributed by atoms with Gasteiger partial charge in [0.25, 0.3) is 5.69 Å². The highest BCUT2D eigenvalue weighted by Gasteiger charge is 2.19. The molecule has 3 aromatic carbocycles. The number of nitrogens with one attached hydrogen (secondary N) is 1. The van der Waals surface area contributed by atoms with Crippen molar-refractivity contribution in [3.05, 3.63) is 93.2 Å². The molecule has 0 saturated carbocycles. The molecule has 0 unspecified atom stereocenters. The van der Waals surface area contributed by atoms with Crippen molar-refractivity contribution in [3.8, 4) is 16.9 Å². The molecule has 0 aliphatic heterocycles. The van der Waals surface area contributed by atoms with Crippen molar-refractivity contribution >= 4 is 33.8 Å². The Morgan fingerprint density at radius 3 is 2.47 bits per heavy atom. The molecule has 4 aromatic rings. The molecule has 0 radical (unpaired) electrons. The molecular formula is C29H28N2O5. The number of hydrogen-bond acceptors (Lipinski definition) is 5. The topological polar surface area (TPSA) is 94.6 Å². The molecular weight excluding hydrogens is 456 g/mol. The zero-order valence-corrected chi connectivity index (χ0v) is 21.0. The van der Waals surface area contributed by atoms with Gasteiger partial charge in [-0.05, 0) is 63.5 Å². The van der Waals surface area contributed by atoms with E-state index in [2.05, 4.69) is 29.6 Å². The number of amides is 1. The van der Waals surface area contributed by atoms with E-state index >= 15 is 0 Å². The summed E-state index contributed by atoms with van der Waals surface area (Å²) in [6, 6.07) is 14.6. The first-order chi connectivity index (χ1) is 17.2. The number of nitro groups is 1. The van der Waals surface area contributed by atoms with E-state index in [-0.39, 0.29) is 11.6 Å². The second-order valence-electron chi connectivity index (χ2n) is 8.78. The predicted molar refractivity (Wildman–Crippen MR) is 142 cm³/mol. The summed E-state index contributed by atoms with van der Waals surface area (Å²) in [5.41, 5.74) is 7.42. The number of hydrogen-bond donors (Lipinski definition) is 1. The Labute approximate surface area is 209 Å². The van der Waals surface area contributed by atoms with Crippen LogP contribution < -0.4 is 10.1 Å². The number of aryl methyl sites for hydroxylation is 3. The normalized spacial score (nSPS) is 11.5. The third-order valence-electron chi connectivity index (χ3n) is 6.15. The van der Waals surface area contributed by atoms with Gasteiger partial charge in [0, 0.05) is 46.0 Å². The number of furan rings is 1. The van der Waals surface area contributed by atoms with Crippen molar-refractivity contribution in [2.75, 3.05) is 11.9 Å². The van der Waals surface area contributed by atoms with Crippen molar-refractivity contribution < 1.29 is 18.9 Å². The molecule has 0 aliphatic rings. The van der Waals surface area contributed by atoms with Crippen molar-refractivity contribution in [3.63, 3.8) is 0 Å². The summed E-state index contributed by atoms with van der Waals surface area (Å²) < 4.78 is 11.9. The first-order valence-corrected chi connectivity index (χ1v) is 11.7. The fourth-order valence-corrected chi connectivity index (χ4v) is 4.24. The third kappa shape index (κ3) is 4.86. The lowest BCUT2D eigenvalue weighted by atomic mass is 9.96. The maximum atomic E-state index is 12.9. The Morgan fingerprint density at radius 2 is 1.83 bits per heavy atom. The van der Waals surface area contributed by atoms with Gasteiger partial charge in [0.05, 0.1) is 17.8 Å². The van der Waals surface area contributed by atoms with Crippen molar-refractivity contribution in [1.82, 2.24) is 0 Å². The number of anilines is 1. The summed E-state index contributed by atoms with van der Waals surface area (Å²) in [5, 5.41) is 14.8. The molecule has 1 N–H and O–H groups in total. The Balaban J connectivity index is 1.74. The van der Waals surface area contributed by atoms with E-state index in [9.17, 15) is 14.9 Å². The van der Waals surface area contributed by atoms with Crippen LogP contribution in [0.3, 0.4) is 0 Å². The van der Waals surface area contributed by atoms with Crippen molar-refractivity contribution in [2.45, 2.75) is 34.6 Å². The summed E-state index contributed by atoms with van der Waals surface area (Å²) in [7, 11) is 0. The van der Waals surface area contributed by atoms with Gasteiger partial charge in [-0.1, -0.05) is 29.8 Å². The van der Waals surface area contributed by atoms with Crippen molar-refractivity contribution in [1.29, 1.82) is 0 Å². The smallest absolute Gasteiger partial charge is 0.269 e. The second-order valence-corrected chi connectivity index (χ2v) is 8.78. The SMILES string of the molecule is CCOc1c(/C(C)=C/C(=O)Nc2ccc([N+](=O)[O-])cc2C)cc2c(-c3ccc(C)cc3)coc2c1C. The van der Waals surface area contributed by atoms with E-state index in [0.29, 0.717) is 23.6 Å². The summed E-state index contributed by atoms with van der Waals surface area (Å²) in [6.07, 6.45) is 3.26. The van der Waals surface area contributed by atoms with E-state index in [1.807, 2.05) is 33.8 Å². The van der Waals surface area contributed by atoms with Crippen LogP contribution in [0.5, 0.6) is 5.75 Å². The number of nitrogens with zero attached hydrogens (tertiary/aromatic N) is 1. The van der Waals surface area contributed by atoms with Crippen LogP contribution in [0, 0.1) is 30.9 Å². The molecule has 184 valence electrons. The first-order valence-electron chi connectivity index (χ1n) is 11.7. The molecule has 1 aromatic heterocycles. The molecule has 0 spiro atoms. The van der Waals surface area contributed by atoms with Crippen LogP contribution in [-0.2, 0) is 4.79 Å². The standard InChI is InChI=1S/C29H28N2O5/c1-6-35-28-20(5)29-24(25(16-36-29)21-9-7-17(2)8-10-21)15-23(28)18(3)14-27(32)30-26-12-11-22(31(33)34)13-19(26)4/h7-16H,6H2,1-5H3,(H,30,32)/b18-14+. The number of non-ortho nitro benzene ring substituents is 1. The van der Waals surface area contributed by atoms with Gasteiger partial charge in [-0.15, -0.1) is 0 Å². The Kier molecular flexibility index (Phi) is 6.92. The number of ether oxygens (including phenoxy) is 1. The number of carbonyl (C=O) groups is 1. The van der Waals surface area contributed by atoms with Crippen LogP contribution in [0.4, 0.5) is 11.4 Å². The highest BCUT2D eigenvalue weighted by molar-refractivity contribution is 6.06. The lowest BCUT2D eigenvalue weighted by molar-refractivity contribution is -0.384. The van der Waals surface area contributed by atoms with Gasteiger partial charge in [-0.3, -0.25) is 14.9 Å². The van der Waals surface area contributed by atoms with E-state index < -0.39 is 4.92 Å². The number of allylic oxidation sites excluding steroid dienone is 1. The van der Waals surface area contributed by atoms with E-state index in [1.54, 1.807) is 13.2 Å². The summed E-state index contributed by atoms with van der Waals surface area (Å²) in [4.78, 5) is 23.4. The molecule has 1 heterocycles. The minimum absolute atomic E-state index is 0.0214. The molecule has 4 rings (SSSR count). The van der Waals surface area contributed by atoms with Gasteiger partial charge in [-0.2, -0.15) is 0 Å². The van der Waals surface area contributed by atoms with Crippen LogP contribution in [-0.4, -0.2) is 17.4 Å². The van der Waals surface area contributed by atoms with Crippen LogP contribution in [0.15, 0.2) is 65.3 Å². The monoisotopic (exact) mass is 484 g/mol. The zero-order valence-electron chi connectivity index (χ0n) is 21.0. The number of benzene rings is 3. The second kappa shape index (κ2) is 10.1. The maximum absolute atomic E-state index is 12.9. The minimum atomic E-state index is -0.461. The van der Waals surface area contributed by atoms with Gasteiger partial charge in [0.15, 0.2) is 0 Å². The van der Waals surface area contributed by atoms with Gasteiger partial charge in [-0.25, -0.2) is 0 Å². The molecule has 1 amide bonds. The van der Waals surface area contributed by atoms with E-state index in [4.69, 9.17) is 9.15 Å². The number of carbonyl (C=O) groups excluding carboxylic acids is 1. The highest BCUT2D eigenvalue weighted by atomic mass is 16.6. The summed E-state index contributed by atoms with van der Waals surface area (Å²) in [5.74, 6) is 0.332. The lowest BCUT2D eigenvalue weighted by Gasteiger charge is -2.15. The molecule has 0 fully saturated rings. The van der Waals surface area contributed by atoms with Crippen LogP contribution in [0.2, 0.25) is 0 Å². The van der Waals surface area contributed by atoms with Crippen LogP contribution in [0.1, 0.15) is 36.1 Å². The van der Waals surface area contributed by atoms with Crippen LogP contribution >= 0.6 is 0 Å². The number of rotatable bonds is 7. The van der Waals surface area contributed by atoms with Gasteiger partial charge in [0.2, 0.25) is 5.91 Å². The van der Waals surface area contributed by atoms with Gasteiger partial charge < -0.3 is 14.5 Å². The molecule has 0 saturated heterocycles. The Morgan fingerprint density at radius 1 is 1.11 bits per heavy atom. The van der Waals surface area contributed by atoms with E-state index in [0.717, 1.165) is 38.8 Å². The first kappa shape index (κ1) is 24.7. The minimum Gasteiger partial charge on any atom is -0.493 e. The predicted octanol–water partition coefficient (Wildman–Crippen LogP) is 7.37. The quantitative estimate of drug-likeness (QED) is 0.168. The summed E-state index contributed by atoms with van der Waals surface area (Å²) in [6.45, 7) is 9.95. The molecule has 0 aliphatic carbocycles. The van der Waals surface area contributed by atoms with Crippen molar-refractivity contribution in [2.24, 2.45) is 0 Å². The molecule has 7 nitrogen and oxygen atoms in total. The largest absolute Gasteiger partial charge is 0.493 e. The Hall–Kier alpha value is -4.39.